The quantitative estimate of drug-likeness (QED) is 0.348. The molecule has 0 aromatic heterocycles. The standard InChI is InChI=1S/C26H28FN3O6S/c1-35-17-5-16-28-26(32)23-6-3-4-7-24(23)29-25(31)18-30(20-10-8-19(27)9-11-20)37(33,34)22-14-12-21(36-2)13-15-22/h3-4,6-15H,5,16-18H2,1-2H3,(H,28,32)(H,29,31). The summed E-state index contributed by atoms with van der Waals surface area (Å²) < 4.78 is 51.5. The lowest BCUT2D eigenvalue weighted by Crippen LogP contribution is -2.38. The Bertz CT molecular complexity index is 1310. The molecule has 0 saturated carbocycles. The van der Waals surface area contributed by atoms with E-state index in [4.69, 9.17) is 9.47 Å². The zero-order chi connectivity index (χ0) is 26.8. The molecular weight excluding hydrogens is 501 g/mol. The van der Waals surface area contributed by atoms with Crippen LogP contribution in [0.5, 0.6) is 5.75 Å². The number of anilines is 2. The second-order valence-electron chi connectivity index (χ2n) is 7.86. The molecule has 0 spiro atoms. The lowest BCUT2D eigenvalue weighted by molar-refractivity contribution is -0.114. The summed E-state index contributed by atoms with van der Waals surface area (Å²) in [7, 11) is -1.20. The number of nitrogens with one attached hydrogen (secondary N) is 2. The highest BCUT2D eigenvalue weighted by Gasteiger charge is 2.28. The van der Waals surface area contributed by atoms with E-state index in [1.807, 2.05) is 0 Å². The fraction of sp³-hybridized carbons (Fsp3) is 0.231. The van der Waals surface area contributed by atoms with Gasteiger partial charge in [0.05, 0.1) is 28.9 Å². The van der Waals surface area contributed by atoms with Gasteiger partial charge in [0.2, 0.25) is 5.91 Å². The van der Waals surface area contributed by atoms with Gasteiger partial charge in [-0.3, -0.25) is 13.9 Å². The number of sulfonamides is 1. The first kappa shape index (κ1) is 27.6. The maximum atomic E-state index is 13.5. The first-order valence-electron chi connectivity index (χ1n) is 11.3. The minimum absolute atomic E-state index is 0.0822. The number of amides is 2. The Balaban J connectivity index is 1.85. The third kappa shape index (κ3) is 7.28. The van der Waals surface area contributed by atoms with E-state index in [1.165, 1.54) is 43.5 Å². The average Bonchev–Trinajstić information content (AvgIpc) is 2.90. The van der Waals surface area contributed by atoms with Crippen molar-refractivity contribution in [2.24, 2.45) is 0 Å². The minimum atomic E-state index is -4.22. The van der Waals surface area contributed by atoms with Gasteiger partial charge < -0.3 is 20.1 Å². The summed E-state index contributed by atoms with van der Waals surface area (Å²) in [5.41, 5.74) is 0.536. The second kappa shape index (κ2) is 12.8. The van der Waals surface area contributed by atoms with Crippen molar-refractivity contribution in [2.75, 3.05) is 43.5 Å². The normalized spacial score (nSPS) is 11.0. The Morgan fingerprint density at radius 3 is 2.27 bits per heavy atom. The van der Waals surface area contributed by atoms with Gasteiger partial charge in [-0.15, -0.1) is 0 Å². The number of methoxy groups -OCH3 is 2. The molecule has 0 aliphatic heterocycles. The molecule has 0 aliphatic rings. The van der Waals surface area contributed by atoms with Crippen molar-refractivity contribution < 1.29 is 31.9 Å². The van der Waals surface area contributed by atoms with E-state index >= 15 is 0 Å². The SMILES string of the molecule is COCCCNC(=O)c1ccccc1NC(=O)CN(c1ccc(F)cc1)S(=O)(=O)c1ccc(OC)cc1. The first-order valence-corrected chi connectivity index (χ1v) is 12.8. The van der Waals surface area contributed by atoms with Crippen molar-refractivity contribution in [1.82, 2.24) is 5.32 Å². The van der Waals surface area contributed by atoms with Gasteiger partial charge in [-0.1, -0.05) is 12.1 Å². The largest absolute Gasteiger partial charge is 0.497 e. The predicted octanol–water partition coefficient (Wildman–Crippen LogP) is 3.43. The topological polar surface area (TPSA) is 114 Å². The highest BCUT2D eigenvalue weighted by molar-refractivity contribution is 7.92. The molecule has 0 saturated heterocycles. The van der Waals surface area contributed by atoms with Gasteiger partial charge >= 0.3 is 0 Å². The van der Waals surface area contributed by atoms with Crippen LogP contribution >= 0.6 is 0 Å². The number of para-hydroxylation sites is 1. The van der Waals surface area contributed by atoms with Gasteiger partial charge in [0.25, 0.3) is 15.9 Å². The second-order valence-corrected chi connectivity index (χ2v) is 9.72. The van der Waals surface area contributed by atoms with Crippen LogP contribution in [0.3, 0.4) is 0 Å². The monoisotopic (exact) mass is 529 g/mol. The number of hydrogen-bond acceptors (Lipinski definition) is 6. The maximum Gasteiger partial charge on any atom is 0.264 e. The fourth-order valence-corrected chi connectivity index (χ4v) is 4.84. The average molecular weight is 530 g/mol. The number of carbonyl (C=O) groups is 2. The Hall–Kier alpha value is -3.96. The molecule has 2 N–H and O–H groups in total. The van der Waals surface area contributed by atoms with Gasteiger partial charge in [-0.25, -0.2) is 12.8 Å². The molecule has 0 unspecified atom stereocenters. The number of rotatable bonds is 12. The number of ether oxygens (including phenoxy) is 2. The van der Waals surface area contributed by atoms with E-state index in [2.05, 4.69) is 10.6 Å². The third-order valence-corrected chi connectivity index (χ3v) is 7.09. The van der Waals surface area contributed by atoms with Crippen molar-refractivity contribution >= 4 is 33.2 Å². The van der Waals surface area contributed by atoms with Crippen LogP contribution in [-0.4, -0.2) is 54.1 Å². The van der Waals surface area contributed by atoms with Gasteiger partial charge in [0, 0.05) is 20.3 Å². The molecule has 3 rings (SSSR count). The highest BCUT2D eigenvalue weighted by atomic mass is 32.2. The summed E-state index contributed by atoms with van der Waals surface area (Å²) in [6, 6.07) is 16.8. The van der Waals surface area contributed by atoms with Gasteiger partial charge in [0.15, 0.2) is 0 Å². The van der Waals surface area contributed by atoms with Crippen LogP contribution in [0.25, 0.3) is 0 Å². The van der Waals surface area contributed by atoms with Crippen molar-refractivity contribution in [3.05, 3.63) is 84.2 Å². The number of hydrogen-bond donors (Lipinski definition) is 2. The van der Waals surface area contributed by atoms with Crippen LogP contribution < -0.4 is 19.7 Å². The van der Waals surface area contributed by atoms with Crippen LogP contribution in [0.1, 0.15) is 16.8 Å². The number of nitrogens with zero attached hydrogens (tertiary/aromatic N) is 1. The van der Waals surface area contributed by atoms with Crippen LogP contribution in [0.15, 0.2) is 77.7 Å². The molecule has 37 heavy (non-hydrogen) atoms. The molecule has 3 aromatic rings. The van der Waals surface area contributed by atoms with Crippen LogP contribution in [-0.2, 0) is 19.6 Å². The molecule has 0 radical (unpaired) electrons. The van der Waals surface area contributed by atoms with Crippen molar-refractivity contribution in [2.45, 2.75) is 11.3 Å². The summed E-state index contributed by atoms with van der Waals surface area (Å²) >= 11 is 0. The number of carbonyl (C=O) groups excluding carboxylic acids is 2. The number of halogens is 1. The smallest absolute Gasteiger partial charge is 0.264 e. The fourth-order valence-electron chi connectivity index (χ4n) is 3.42. The van der Waals surface area contributed by atoms with Crippen LogP contribution in [0.4, 0.5) is 15.8 Å². The van der Waals surface area contributed by atoms with Gasteiger partial charge in [0.1, 0.15) is 18.1 Å². The third-order valence-electron chi connectivity index (χ3n) is 5.31. The molecule has 11 heteroatoms. The highest BCUT2D eigenvalue weighted by Crippen LogP contribution is 2.26. The molecular formula is C26H28FN3O6S. The molecule has 0 fully saturated rings. The van der Waals surface area contributed by atoms with Gasteiger partial charge in [-0.2, -0.15) is 0 Å². The molecule has 0 heterocycles. The summed E-state index contributed by atoms with van der Waals surface area (Å²) in [6.45, 7) is 0.248. The van der Waals surface area contributed by atoms with Crippen molar-refractivity contribution in [3.63, 3.8) is 0 Å². The molecule has 0 bridgehead atoms. The lowest BCUT2D eigenvalue weighted by atomic mass is 10.1. The molecule has 0 aliphatic carbocycles. The van der Waals surface area contributed by atoms with Crippen molar-refractivity contribution in [1.29, 1.82) is 0 Å². The Morgan fingerprint density at radius 1 is 0.946 bits per heavy atom. The first-order chi connectivity index (χ1) is 17.8. The molecule has 3 aromatic carbocycles. The Morgan fingerprint density at radius 2 is 1.62 bits per heavy atom. The van der Waals surface area contributed by atoms with E-state index in [1.54, 1.807) is 31.4 Å². The Labute approximate surface area is 215 Å². The summed E-state index contributed by atoms with van der Waals surface area (Å²) in [6.07, 6.45) is 0.618. The van der Waals surface area contributed by atoms with E-state index in [0.29, 0.717) is 25.3 Å². The van der Waals surface area contributed by atoms with Gasteiger partial charge in [-0.05, 0) is 67.1 Å². The summed E-state index contributed by atoms with van der Waals surface area (Å²) in [5.74, 6) is -1.18. The van der Waals surface area contributed by atoms with E-state index in [-0.39, 0.29) is 21.8 Å². The molecule has 9 nitrogen and oxygen atoms in total. The Kier molecular flexibility index (Phi) is 9.58. The summed E-state index contributed by atoms with van der Waals surface area (Å²) in [5, 5.41) is 5.37. The molecule has 0 atom stereocenters. The van der Waals surface area contributed by atoms with E-state index in [9.17, 15) is 22.4 Å². The van der Waals surface area contributed by atoms with Crippen molar-refractivity contribution in [3.8, 4) is 5.75 Å². The minimum Gasteiger partial charge on any atom is -0.497 e. The van der Waals surface area contributed by atoms with Crippen LogP contribution in [0.2, 0.25) is 0 Å². The van der Waals surface area contributed by atoms with E-state index in [0.717, 1.165) is 16.4 Å². The molecule has 2 amide bonds. The zero-order valence-electron chi connectivity index (χ0n) is 20.4. The number of benzene rings is 3. The van der Waals surface area contributed by atoms with Crippen LogP contribution in [0, 0.1) is 5.82 Å². The zero-order valence-corrected chi connectivity index (χ0v) is 21.3. The van der Waals surface area contributed by atoms with E-state index < -0.39 is 34.2 Å². The summed E-state index contributed by atoms with van der Waals surface area (Å²) in [4.78, 5) is 25.6. The predicted molar refractivity (Wildman–Crippen MR) is 138 cm³/mol. The lowest BCUT2D eigenvalue weighted by Gasteiger charge is -2.24. The maximum absolute atomic E-state index is 13.5. The molecule has 196 valence electrons.